The number of rotatable bonds is 12. The van der Waals surface area contributed by atoms with Gasteiger partial charge in [0.25, 0.3) is 0 Å². The van der Waals surface area contributed by atoms with Crippen LogP contribution in [-0.2, 0) is 4.74 Å². The quantitative estimate of drug-likeness (QED) is 0.115. The van der Waals surface area contributed by atoms with Crippen molar-refractivity contribution < 1.29 is 14.2 Å². The van der Waals surface area contributed by atoms with Crippen LogP contribution in [0.25, 0.3) is 33.0 Å². The Morgan fingerprint density at radius 1 is 0.585 bits per heavy atom. The summed E-state index contributed by atoms with van der Waals surface area (Å²) in [7, 11) is 0. The fourth-order valence-corrected chi connectivity index (χ4v) is 5.74. The van der Waals surface area contributed by atoms with Crippen LogP contribution in [0.15, 0.2) is 115 Å². The van der Waals surface area contributed by atoms with E-state index in [0.717, 1.165) is 45.6 Å². The van der Waals surface area contributed by atoms with Crippen LogP contribution < -0.4 is 9.47 Å². The van der Waals surface area contributed by atoms with Crippen LogP contribution in [0.2, 0.25) is 0 Å². The molecule has 0 radical (unpaired) electrons. The Labute approximate surface area is 244 Å². The third-order valence-corrected chi connectivity index (χ3v) is 7.72. The van der Waals surface area contributed by atoms with Crippen LogP contribution in [-0.4, -0.2) is 19.5 Å². The fraction of sp³-hybridized carbons (Fsp3) is 0.263. The molecule has 0 saturated carbocycles. The summed E-state index contributed by atoms with van der Waals surface area (Å²) in [6.45, 7) is 9.62. The molecule has 3 nitrogen and oxygen atoms in total. The van der Waals surface area contributed by atoms with Gasteiger partial charge < -0.3 is 14.2 Å². The van der Waals surface area contributed by atoms with Gasteiger partial charge in [-0.1, -0.05) is 130 Å². The molecular weight excluding hydrogens is 504 g/mol. The molecule has 5 rings (SSSR count). The van der Waals surface area contributed by atoms with E-state index in [1.165, 1.54) is 10.9 Å². The number of fused-ring (bicyclic) bond motifs is 1. The zero-order chi connectivity index (χ0) is 28.6. The van der Waals surface area contributed by atoms with Gasteiger partial charge in [-0.25, -0.2) is 0 Å². The first-order valence-electron chi connectivity index (χ1n) is 14.7. The molecule has 0 aliphatic carbocycles. The van der Waals surface area contributed by atoms with Gasteiger partial charge in [-0.2, -0.15) is 0 Å². The highest BCUT2D eigenvalue weighted by Crippen LogP contribution is 2.39. The molecule has 2 unspecified atom stereocenters. The highest BCUT2D eigenvalue weighted by molar-refractivity contribution is 5.91. The second-order valence-electron chi connectivity index (χ2n) is 10.8. The number of benzene rings is 5. The zero-order valence-corrected chi connectivity index (χ0v) is 24.5. The Bertz CT molecular complexity index is 1480. The van der Waals surface area contributed by atoms with Gasteiger partial charge in [-0.05, 0) is 53.3 Å². The Morgan fingerprint density at radius 2 is 1.17 bits per heavy atom. The normalized spacial score (nSPS) is 12.8. The fourth-order valence-electron chi connectivity index (χ4n) is 5.74. The molecule has 5 aromatic carbocycles. The van der Waals surface area contributed by atoms with Crippen LogP contribution in [0.1, 0.15) is 45.6 Å². The Balaban J connectivity index is 1.29. The zero-order valence-electron chi connectivity index (χ0n) is 24.5. The molecule has 3 heteroatoms. The van der Waals surface area contributed by atoms with E-state index in [4.69, 9.17) is 14.2 Å². The summed E-state index contributed by atoms with van der Waals surface area (Å²) in [6.07, 6.45) is 0.693. The van der Waals surface area contributed by atoms with Crippen molar-refractivity contribution in [1.29, 1.82) is 0 Å². The average Bonchev–Trinajstić information content (AvgIpc) is 3.00. The number of hydrogen-bond acceptors (Lipinski definition) is 3. The summed E-state index contributed by atoms with van der Waals surface area (Å²) in [5.41, 5.74) is 5.76. The van der Waals surface area contributed by atoms with E-state index in [9.17, 15) is 0 Å². The van der Waals surface area contributed by atoms with E-state index in [2.05, 4.69) is 118 Å². The average molecular weight is 545 g/mol. The maximum Gasteiger partial charge on any atom is 0.197 e. The lowest BCUT2D eigenvalue weighted by atomic mass is 9.83. The predicted octanol–water partition coefficient (Wildman–Crippen LogP) is 10.1. The first-order valence-corrected chi connectivity index (χ1v) is 14.7. The van der Waals surface area contributed by atoms with Gasteiger partial charge >= 0.3 is 0 Å². The van der Waals surface area contributed by atoms with Gasteiger partial charge in [0.15, 0.2) is 6.29 Å². The smallest absolute Gasteiger partial charge is 0.197 e. The van der Waals surface area contributed by atoms with Gasteiger partial charge in [-0.3, -0.25) is 0 Å². The van der Waals surface area contributed by atoms with Crippen molar-refractivity contribution in [1.82, 2.24) is 0 Å². The highest BCUT2D eigenvalue weighted by atomic mass is 16.7. The predicted molar refractivity (Wildman–Crippen MR) is 171 cm³/mol. The van der Waals surface area contributed by atoms with E-state index >= 15 is 0 Å². The molecule has 0 heterocycles. The van der Waals surface area contributed by atoms with Crippen molar-refractivity contribution in [2.75, 3.05) is 13.2 Å². The first kappa shape index (κ1) is 28.4. The van der Waals surface area contributed by atoms with E-state index in [-0.39, 0.29) is 0 Å². The summed E-state index contributed by atoms with van der Waals surface area (Å²) in [4.78, 5) is 0. The topological polar surface area (TPSA) is 27.7 Å². The third-order valence-electron chi connectivity index (χ3n) is 7.72. The van der Waals surface area contributed by atoms with Crippen LogP contribution in [0.3, 0.4) is 0 Å². The molecule has 0 aliphatic heterocycles. The molecule has 0 N–H and O–H groups in total. The summed E-state index contributed by atoms with van der Waals surface area (Å²) >= 11 is 0. The van der Waals surface area contributed by atoms with Crippen molar-refractivity contribution in [3.8, 4) is 33.8 Å². The van der Waals surface area contributed by atoms with Crippen molar-refractivity contribution in [3.63, 3.8) is 0 Å². The van der Waals surface area contributed by atoms with Crippen LogP contribution in [0.5, 0.6) is 11.5 Å². The van der Waals surface area contributed by atoms with Gasteiger partial charge in [0.2, 0.25) is 0 Å². The Hall–Kier alpha value is -4.08. The molecule has 2 atom stereocenters. The number of para-hydroxylation sites is 1. The molecule has 41 heavy (non-hydrogen) atoms. The van der Waals surface area contributed by atoms with Gasteiger partial charge in [-0.15, -0.1) is 0 Å². The number of ether oxygens (including phenoxy) is 3. The van der Waals surface area contributed by atoms with Gasteiger partial charge in [0.05, 0.1) is 6.61 Å². The molecule has 0 saturated heterocycles. The minimum atomic E-state index is -0.419. The molecule has 0 spiro atoms. The Kier molecular flexibility index (Phi) is 9.38. The monoisotopic (exact) mass is 544 g/mol. The maximum absolute atomic E-state index is 6.44. The number of hydrogen-bond donors (Lipinski definition) is 0. The van der Waals surface area contributed by atoms with Gasteiger partial charge in [0.1, 0.15) is 18.1 Å². The second kappa shape index (κ2) is 13.5. The van der Waals surface area contributed by atoms with E-state index in [0.29, 0.717) is 25.0 Å². The lowest BCUT2D eigenvalue weighted by Gasteiger charge is -2.23. The summed E-state index contributed by atoms with van der Waals surface area (Å²) < 4.78 is 18.9. The molecule has 0 aliphatic rings. The van der Waals surface area contributed by atoms with Crippen molar-refractivity contribution in [2.45, 2.75) is 46.3 Å². The molecule has 0 fully saturated rings. The molecule has 0 amide bonds. The molecule has 5 aromatic rings. The summed E-state index contributed by atoms with van der Waals surface area (Å²) in [5.74, 6) is 2.79. The minimum absolute atomic E-state index is 0.403. The Morgan fingerprint density at radius 3 is 1.78 bits per heavy atom. The van der Waals surface area contributed by atoms with E-state index in [1.807, 2.05) is 25.1 Å². The van der Waals surface area contributed by atoms with Crippen LogP contribution in [0, 0.1) is 5.92 Å². The van der Waals surface area contributed by atoms with Crippen molar-refractivity contribution in [3.05, 3.63) is 121 Å². The van der Waals surface area contributed by atoms with Crippen LogP contribution in [0.4, 0.5) is 0 Å². The molecule has 210 valence electrons. The van der Waals surface area contributed by atoms with Crippen molar-refractivity contribution >= 4 is 10.8 Å². The summed E-state index contributed by atoms with van der Waals surface area (Å²) in [5, 5.41) is 2.38. The third kappa shape index (κ3) is 6.64. The highest BCUT2D eigenvalue weighted by Gasteiger charge is 2.18. The largest absolute Gasteiger partial charge is 0.490 e. The van der Waals surface area contributed by atoms with Crippen molar-refractivity contribution in [2.24, 2.45) is 5.92 Å². The first-order chi connectivity index (χ1) is 20.1. The van der Waals surface area contributed by atoms with E-state index in [1.54, 1.807) is 0 Å². The lowest BCUT2D eigenvalue weighted by Crippen LogP contribution is -2.20. The summed E-state index contributed by atoms with van der Waals surface area (Å²) in [6, 6.07) is 39.9. The standard InChI is InChI=1S/C38H40O3/c1-5-31(27(2)3)34-21-13-23-36-35(34)22-14-24-37(36)41-28(4)39-25-26-40-38-32(29-15-8-6-9-16-29)19-12-20-33(38)30-17-10-7-11-18-30/h6-24,27-28,31H,5,25-26H2,1-4H3. The lowest BCUT2D eigenvalue weighted by molar-refractivity contribution is -0.0731. The minimum Gasteiger partial charge on any atom is -0.490 e. The SMILES string of the molecule is CCC(c1cccc2c(OC(C)OCCOc3c(-c4ccccc4)cccc3-c3ccccc3)cccc12)C(C)C. The second-order valence-corrected chi connectivity index (χ2v) is 10.8. The molecule has 0 bridgehead atoms. The molecular formula is C38H40O3. The van der Waals surface area contributed by atoms with Gasteiger partial charge in [0, 0.05) is 16.5 Å². The van der Waals surface area contributed by atoms with E-state index < -0.39 is 6.29 Å². The maximum atomic E-state index is 6.44. The van der Waals surface area contributed by atoms with Crippen LogP contribution >= 0.6 is 0 Å². The molecule has 0 aromatic heterocycles.